The van der Waals surface area contributed by atoms with E-state index in [9.17, 15) is 0 Å². The first-order chi connectivity index (χ1) is 7.82. The smallest absolute Gasteiger partial charge is 0.0514 e. The van der Waals surface area contributed by atoms with Crippen LogP contribution in [0.1, 0.15) is 32.8 Å². The summed E-state index contributed by atoms with van der Waals surface area (Å²) in [5.41, 5.74) is 9.08. The molecule has 96 valence electrons. The molecule has 2 nitrogen and oxygen atoms in total. The molecular weight excluding hydrogens is 276 g/mol. The molecule has 0 aromatic heterocycles. The van der Waals surface area contributed by atoms with Gasteiger partial charge in [-0.25, -0.2) is 0 Å². The van der Waals surface area contributed by atoms with Crippen molar-refractivity contribution < 1.29 is 0 Å². The normalized spacial score (nSPS) is 12.9. The summed E-state index contributed by atoms with van der Waals surface area (Å²) in [6.45, 7) is 8.82. The van der Waals surface area contributed by atoms with Crippen molar-refractivity contribution >= 4 is 27.3 Å². The molecule has 0 radical (unpaired) electrons. The van der Waals surface area contributed by atoms with Crippen molar-refractivity contribution in [2.75, 3.05) is 17.7 Å². The Balaban J connectivity index is 2.95. The molecule has 1 aromatic rings. The molecule has 0 aliphatic rings. The molecule has 0 fully saturated rings. The lowest BCUT2D eigenvalue weighted by Crippen LogP contribution is -2.30. The van der Waals surface area contributed by atoms with Crippen molar-refractivity contribution in [3.05, 3.63) is 22.2 Å². The lowest BCUT2D eigenvalue weighted by molar-refractivity contribution is 0.504. The Morgan fingerprint density at radius 1 is 1.29 bits per heavy atom. The summed E-state index contributed by atoms with van der Waals surface area (Å²) in [5, 5.41) is 0. The minimum absolute atomic E-state index is 0.523. The minimum atomic E-state index is 0.523. The maximum Gasteiger partial charge on any atom is 0.0514 e. The number of anilines is 2. The molecule has 1 rings (SSSR count). The number of halogens is 1. The molecule has 0 heterocycles. The van der Waals surface area contributed by atoms with Crippen LogP contribution in [0.15, 0.2) is 16.6 Å². The molecule has 0 aliphatic carbocycles. The van der Waals surface area contributed by atoms with Crippen molar-refractivity contribution in [1.82, 2.24) is 0 Å². The fourth-order valence-electron chi connectivity index (χ4n) is 2.03. The average Bonchev–Trinajstić information content (AvgIpc) is 2.21. The Labute approximate surface area is 113 Å². The maximum atomic E-state index is 5.90. The van der Waals surface area contributed by atoms with Crippen LogP contribution in [0.4, 0.5) is 11.4 Å². The number of aryl methyl sites for hydroxylation is 1. The summed E-state index contributed by atoms with van der Waals surface area (Å²) in [5.74, 6) is 0.709. The van der Waals surface area contributed by atoms with Crippen molar-refractivity contribution in [1.29, 1.82) is 0 Å². The molecule has 0 saturated carbocycles. The second-order valence-electron chi connectivity index (χ2n) is 5.25. The van der Waals surface area contributed by atoms with Gasteiger partial charge in [-0.15, -0.1) is 0 Å². The van der Waals surface area contributed by atoms with Gasteiger partial charge < -0.3 is 10.6 Å². The second kappa shape index (κ2) is 5.76. The first-order valence-electron chi connectivity index (χ1n) is 6.11. The van der Waals surface area contributed by atoms with E-state index in [0.29, 0.717) is 12.0 Å². The molecule has 1 atom stereocenters. The fraction of sp³-hybridized carbons (Fsp3) is 0.571. The third-order valence-electron chi connectivity index (χ3n) is 3.19. The molecule has 0 aliphatic heterocycles. The summed E-state index contributed by atoms with van der Waals surface area (Å²) in [6, 6.07) is 4.66. The van der Waals surface area contributed by atoms with Crippen LogP contribution in [0.3, 0.4) is 0 Å². The monoisotopic (exact) mass is 298 g/mol. The molecule has 0 bridgehead atoms. The number of nitrogens with zero attached hydrogens (tertiary/aromatic N) is 1. The highest BCUT2D eigenvalue weighted by molar-refractivity contribution is 9.10. The first kappa shape index (κ1) is 14.4. The average molecular weight is 299 g/mol. The van der Waals surface area contributed by atoms with E-state index in [1.54, 1.807) is 0 Å². The van der Waals surface area contributed by atoms with Gasteiger partial charge in [-0.3, -0.25) is 0 Å². The third kappa shape index (κ3) is 3.63. The van der Waals surface area contributed by atoms with Gasteiger partial charge >= 0.3 is 0 Å². The highest BCUT2D eigenvalue weighted by atomic mass is 79.9. The van der Waals surface area contributed by atoms with Crippen LogP contribution in [0.25, 0.3) is 0 Å². The zero-order valence-corrected chi connectivity index (χ0v) is 13.0. The maximum absolute atomic E-state index is 5.90. The van der Waals surface area contributed by atoms with E-state index in [1.165, 1.54) is 12.1 Å². The summed E-state index contributed by atoms with van der Waals surface area (Å²) in [7, 11) is 2.14. The highest BCUT2D eigenvalue weighted by Gasteiger charge is 2.15. The van der Waals surface area contributed by atoms with Gasteiger partial charge in [0.2, 0.25) is 0 Å². The molecule has 0 spiro atoms. The minimum Gasteiger partial charge on any atom is -0.398 e. The van der Waals surface area contributed by atoms with E-state index in [-0.39, 0.29) is 0 Å². The van der Waals surface area contributed by atoms with Crippen LogP contribution in [0.2, 0.25) is 0 Å². The van der Waals surface area contributed by atoms with Crippen LogP contribution >= 0.6 is 15.9 Å². The number of rotatable bonds is 4. The lowest BCUT2D eigenvalue weighted by atomic mass is 10.0. The number of nitrogen functional groups attached to an aromatic ring is 1. The lowest BCUT2D eigenvalue weighted by Gasteiger charge is -2.29. The summed E-state index contributed by atoms with van der Waals surface area (Å²) in [4.78, 5) is 2.32. The zero-order valence-electron chi connectivity index (χ0n) is 11.4. The van der Waals surface area contributed by atoms with E-state index in [0.717, 1.165) is 15.7 Å². The molecule has 3 heteroatoms. The van der Waals surface area contributed by atoms with E-state index in [1.807, 2.05) is 13.0 Å². The van der Waals surface area contributed by atoms with Crippen molar-refractivity contribution in [2.45, 2.75) is 40.2 Å². The quantitative estimate of drug-likeness (QED) is 0.844. The SMILES string of the molecule is Cc1cc(N(C)C(C)CC(C)C)c(Br)cc1N. The van der Waals surface area contributed by atoms with Gasteiger partial charge in [0.1, 0.15) is 0 Å². The molecule has 0 saturated heterocycles. The Kier molecular flexibility index (Phi) is 4.87. The van der Waals surface area contributed by atoms with Gasteiger partial charge in [0.05, 0.1) is 5.69 Å². The standard InChI is InChI=1S/C14H23BrN2/c1-9(2)6-11(4)17(5)14-7-10(3)13(16)8-12(14)15/h7-9,11H,6,16H2,1-5H3. The van der Waals surface area contributed by atoms with Crippen LogP contribution in [0, 0.1) is 12.8 Å². The molecule has 1 aromatic carbocycles. The topological polar surface area (TPSA) is 29.3 Å². The van der Waals surface area contributed by atoms with E-state index >= 15 is 0 Å². The highest BCUT2D eigenvalue weighted by Crippen LogP contribution is 2.32. The van der Waals surface area contributed by atoms with Gasteiger partial charge in [-0.1, -0.05) is 13.8 Å². The Hall–Kier alpha value is -0.700. The largest absolute Gasteiger partial charge is 0.398 e. The van der Waals surface area contributed by atoms with Crippen LogP contribution in [-0.4, -0.2) is 13.1 Å². The fourth-order valence-corrected chi connectivity index (χ4v) is 2.67. The van der Waals surface area contributed by atoms with Gasteiger partial charge in [0.25, 0.3) is 0 Å². The second-order valence-corrected chi connectivity index (χ2v) is 6.10. The van der Waals surface area contributed by atoms with Gasteiger partial charge in [-0.2, -0.15) is 0 Å². The van der Waals surface area contributed by atoms with Gasteiger partial charge in [0.15, 0.2) is 0 Å². The Bertz CT molecular complexity index is 388. The molecule has 0 amide bonds. The number of hydrogen-bond acceptors (Lipinski definition) is 2. The van der Waals surface area contributed by atoms with Gasteiger partial charge in [0, 0.05) is 23.2 Å². The number of benzene rings is 1. The molecular formula is C14H23BrN2. The van der Waals surface area contributed by atoms with Crippen molar-refractivity contribution in [3.63, 3.8) is 0 Å². The summed E-state index contributed by atoms with van der Waals surface area (Å²) < 4.78 is 1.07. The Morgan fingerprint density at radius 3 is 2.41 bits per heavy atom. The summed E-state index contributed by atoms with van der Waals surface area (Å²) >= 11 is 3.59. The first-order valence-corrected chi connectivity index (χ1v) is 6.90. The van der Waals surface area contributed by atoms with E-state index in [4.69, 9.17) is 5.73 Å². The Morgan fingerprint density at radius 2 is 1.88 bits per heavy atom. The van der Waals surface area contributed by atoms with Crippen LogP contribution in [0.5, 0.6) is 0 Å². The van der Waals surface area contributed by atoms with Crippen molar-refractivity contribution in [2.24, 2.45) is 5.92 Å². The molecule has 17 heavy (non-hydrogen) atoms. The number of nitrogens with two attached hydrogens (primary N) is 1. The summed E-state index contributed by atoms with van der Waals surface area (Å²) in [6.07, 6.45) is 1.19. The van der Waals surface area contributed by atoms with Crippen LogP contribution < -0.4 is 10.6 Å². The molecule has 2 N–H and O–H groups in total. The zero-order chi connectivity index (χ0) is 13.2. The van der Waals surface area contributed by atoms with Crippen LogP contribution in [-0.2, 0) is 0 Å². The predicted molar refractivity (Wildman–Crippen MR) is 80.6 cm³/mol. The van der Waals surface area contributed by atoms with E-state index < -0.39 is 0 Å². The molecule has 1 unspecified atom stereocenters. The van der Waals surface area contributed by atoms with Gasteiger partial charge in [-0.05, 0) is 59.8 Å². The third-order valence-corrected chi connectivity index (χ3v) is 3.82. The predicted octanol–water partition coefficient (Wildman–Crippen LogP) is 4.21. The van der Waals surface area contributed by atoms with E-state index in [2.05, 4.69) is 54.7 Å². The van der Waals surface area contributed by atoms with Crippen molar-refractivity contribution in [3.8, 4) is 0 Å². The number of hydrogen-bond donors (Lipinski definition) is 1.